The fourth-order valence-corrected chi connectivity index (χ4v) is 2.09. The number of para-hydroxylation sites is 1. The van der Waals surface area contributed by atoms with Crippen molar-refractivity contribution < 1.29 is 14.7 Å². The van der Waals surface area contributed by atoms with Gasteiger partial charge in [0.1, 0.15) is 0 Å². The van der Waals surface area contributed by atoms with Crippen molar-refractivity contribution in [3.05, 3.63) is 46.7 Å². The molecule has 1 heterocycles. The number of carbonyl (C=O) groups is 2. The molecule has 116 valence electrons. The monoisotopic (exact) mass is 321 g/mol. The summed E-state index contributed by atoms with van der Waals surface area (Å²) < 4.78 is 1.58. The van der Waals surface area contributed by atoms with Crippen molar-refractivity contribution in [2.75, 3.05) is 6.54 Å². The molecule has 0 spiro atoms. The highest BCUT2D eigenvalue weighted by Gasteiger charge is 2.17. The second-order valence-electron chi connectivity index (χ2n) is 4.98. The van der Waals surface area contributed by atoms with Crippen molar-refractivity contribution in [1.29, 1.82) is 0 Å². The van der Waals surface area contributed by atoms with E-state index in [9.17, 15) is 9.59 Å². The average Bonchev–Trinajstić information content (AvgIpc) is 2.86. The summed E-state index contributed by atoms with van der Waals surface area (Å²) in [6.07, 6.45) is 0. The SMILES string of the molecule is Cc1cc(C(=O)NCC(C)C(=O)O)nn1-c1ccccc1Cl. The van der Waals surface area contributed by atoms with E-state index in [0.29, 0.717) is 10.7 Å². The lowest BCUT2D eigenvalue weighted by Gasteiger charge is -2.07. The highest BCUT2D eigenvalue weighted by atomic mass is 35.5. The lowest BCUT2D eigenvalue weighted by atomic mass is 10.2. The molecule has 2 N–H and O–H groups in total. The molecule has 0 fully saturated rings. The number of aliphatic carboxylic acids is 1. The largest absolute Gasteiger partial charge is 0.481 e. The van der Waals surface area contributed by atoms with Gasteiger partial charge in [-0.1, -0.05) is 30.7 Å². The summed E-state index contributed by atoms with van der Waals surface area (Å²) in [6.45, 7) is 3.38. The smallest absolute Gasteiger partial charge is 0.308 e. The van der Waals surface area contributed by atoms with E-state index in [4.69, 9.17) is 16.7 Å². The number of carbonyl (C=O) groups excluding carboxylic acids is 1. The van der Waals surface area contributed by atoms with Crippen LogP contribution in [0.4, 0.5) is 0 Å². The van der Waals surface area contributed by atoms with Crippen LogP contribution in [0.3, 0.4) is 0 Å². The first kappa shape index (κ1) is 16.0. The predicted molar refractivity (Wildman–Crippen MR) is 82.4 cm³/mol. The van der Waals surface area contributed by atoms with Crippen LogP contribution in [-0.4, -0.2) is 33.3 Å². The number of hydrogen-bond acceptors (Lipinski definition) is 3. The van der Waals surface area contributed by atoms with Gasteiger partial charge in [0.15, 0.2) is 5.69 Å². The van der Waals surface area contributed by atoms with Crippen LogP contribution in [0.25, 0.3) is 5.69 Å². The summed E-state index contributed by atoms with van der Waals surface area (Å²) in [6, 6.07) is 8.81. The quantitative estimate of drug-likeness (QED) is 0.885. The van der Waals surface area contributed by atoms with E-state index in [1.54, 1.807) is 22.9 Å². The minimum atomic E-state index is -0.960. The molecular weight excluding hydrogens is 306 g/mol. The van der Waals surface area contributed by atoms with Gasteiger partial charge >= 0.3 is 5.97 Å². The lowest BCUT2D eigenvalue weighted by Crippen LogP contribution is -2.31. The number of nitrogens with zero attached hydrogens (tertiary/aromatic N) is 2. The molecule has 0 bridgehead atoms. The van der Waals surface area contributed by atoms with Gasteiger partial charge in [-0.2, -0.15) is 5.10 Å². The van der Waals surface area contributed by atoms with E-state index in [1.165, 1.54) is 6.92 Å². The minimum absolute atomic E-state index is 0.0478. The van der Waals surface area contributed by atoms with Crippen LogP contribution in [0.2, 0.25) is 5.02 Å². The molecule has 2 rings (SSSR count). The molecule has 1 aromatic carbocycles. The summed E-state index contributed by atoms with van der Waals surface area (Å²) >= 11 is 6.13. The average molecular weight is 322 g/mol. The van der Waals surface area contributed by atoms with Crippen molar-refractivity contribution in [2.45, 2.75) is 13.8 Å². The number of carboxylic acids is 1. The number of hydrogen-bond donors (Lipinski definition) is 2. The number of aryl methyl sites for hydroxylation is 1. The maximum Gasteiger partial charge on any atom is 0.308 e. The number of rotatable bonds is 5. The summed E-state index contributed by atoms with van der Waals surface area (Å²) in [5, 5.41) is 16.1. The first-order valence-corrected chi connectivity index (χ1v) is 7.10. The summed E-state index contributed by atoms with van der Waals surface area (Å²) in [7, 11) is 0. The number of halogens is 1. The summed E-state index contributed by atoms with van der Waals surface area (Å²) in [4.78, 5) is 22.8. The number of amides is 1. The van der Waals surface area contributed by atoms with Crippen LogP contribution in [-0.2, 0) is 4.79 Å². The zero-order valence-electron chi connectivity index (χ0n) is 12.2. The lowest BCUT2D eigenvalue weighted by molar-refractivity contribution is -0.140. The van der Waals surface area contributed by atoms with E-state index in [1.807, 2.05) is 19.1 Å². The van der Waals surface area contributed by atoms with Crippen LogP contribution in [0.5, 0.6) is 0 Å². The Morgan fingerprint density at radius 3 is 2.73 bits per heavy atom. The molecule has 0 saturated heterocycles. The van der Waals surface area contributed by atoms with Gasteiger partial charge in [-0.3, -0.25) is 9.59 Å². The van der Waals surface area contributed by atoms with Crippen LogP contribution in [0.15, 0.2) is 30.3 Å². The second kappa shape index (κ2) is 6.62. The Hall–Kier alpha value is -2.34. The van der Waals surface area contributed by atoms with Crippen molar-refractivity contribution in [1.82, 2.24) is 15.1 Å². The Morgan fingerprint density at radius 1 is 1.41 bits per heavy atom. The number of benzene rings is 1. The zero-order valence-corrected chi connectivity index (χ0v) is 13.0. The van der Waals surface area contributed by atoms with Gasteiger partial charge in [0, 0.05) is 12.2 Å². The van der Waals surface area contributed by atoms with Gasteiger partial charge in [0.2, 0.25) is 0 Å². The van der Waals surface area contributed by atoms with Gasteiger partial charge in [-0.05, 0) is 25.1 Å². The van der Waals surface area contributed by atoms with E-state index in [0.717, 1.165) is 5.69 Å². The summed E-state index contributed by atoms with van der Waals surface area (Å²) in [5.74, 6) is -2.03. The van der Waals surface area contributed by atoms with Crippen molar-refractivity contribution >= 4 is 23.5 Å². The number of nitrogens with one attached hydrogen (secondary N) is 1. The van der Waals surface area contributed by atoms with Crippen LogP contribution >= 0.6 is 11.6 Å². The maximum atomic E-state index is 12.0. The molecule has 1 aromatic heterocycles. The predicted octanol–water partition coefficient (Wildman–Crippen LogP) is 2.28. The van der Waals surface area contributed by atoms with Gasteiger partial charge in [-0.25, -0.2) is 4.68 Å². The minimum Gasteiger partial charge on any atom is -0.481 e. The maximum absolute atomic E-state index is 12.0. The zero-order chi connectivity index (χ0) is 16.3. The molecule has 0 aliphatic heterocycles. The fourth-order valence-electron chi connectivity index (χ4n) is 1.88. The first-order chi connectivity index (χ1) is 10.4. The van der Waals surface area contributed by atoms with Gasteiger partial charge in [-0.15, -0.1) is 0 Å². The molecule has 22 heavy (non-hydrogen) atoms. The van der Waals surface area contributed by atoms with Crippen molar-refractivity contribution in [3.8, 4) is 5.69 Å². The van der Waals surface area contributed by atoms with Gasteiger partial charge in [0.05, 0.1) is 16.6 Å². The third-order valence-corrected chi connectivity index (χ3v) is 3.51. The molecule has 1 unspecified atom stereocenters. The van der Waals surface area contributed by atoms with Crippen LogP contribution < -0.4 is 5.32 Å². The second-order valence-corrected chi connectivity index (χ2v) is 5.39. The normalized spacial score (nSPS) is 12.0. The Morgan fingerprint density at radius 2 is 2.09 bits per heavy atom. The molecule has 0 radical (unpaired) electrons. The molecule has 0 aliphatic rings. The molecule has 1 atom stereocenters. The molecular formula is C15H16ClN3O3. The van der Waals surface area contributed by atoms with Crippen molar-refractivity contribution in [3.63, 3.8) is 0 Å². The van der Waals surface area contributed by atoms with E-state index in [2.05, 4.69) is 10.4 Å². The Labute approximate surface area is 132 Å². The van der Waals surface area contributed by atoms with Gasteiger partial charge < -0.3 is 10.4 Å². The first-order valence-electron chi connectivity index (χ1n) is 6.72. The molecule has 0 aliphatic carbocycles. The molecule has 7 heteroatoms. The number of aromatic nitrogens is 2. The summed E-state index contributed by atoms with van der Waals surface area (Å²) in [5.41, 5.74) is 1.65. The Balaban J connectivity index is 2.18. The highest BCUT2D eigenvalue weighted by Crippen LogP contribution is 2.21. The Bertz CT molecular complexity index is 712. The van der Waals surface area contributed by atoms with Crippen LogP contribution in [0, 0.1) is 12.8 Å². The van der Waals surface area contributed by atoms with Gasteiger partial charge in [0.25, 0.3) is 5.91 Å². The molecule has 1 amide bonds. The fraction of sp³-hybridized carbons (Fsp3) is 0.267. The Kier molecular flexibility index (Phi) is 4.82. The molecule has 6 nitrogen and oxygen atoms in total. The van der Waals surface area contributed by atoms with E-state index in [-0.39, 0.29) is 12.2 Å². The van der Waals surface area contributed by atoms with Crippen LogP contribution in [0.1, 0.15) is 23.1 Å². The highest BCUT2D eigenvalue weighted by molar-refractivity contribution is 6.32. The third-order valence-electron chi connectivity index (χ3n) is 3.19. The molecule has 0 saturated carbocycles. The van der Waals surface area contributed by atoms with E-state index >= 15 is 0 Å². The standard InChI is InChI=1S/C15H16ClN3O3/c1-9(15(21)22)8-17-14(20)12-7-10(2)19(18-12)13-6-4-3-5-11(13)16/h3-7,9H,8H2,1-2H3,(H,17,20)(H,21,22). The van der Waals surface area contributed by atoms with E-state index < -0.39 is 17.8 Å². The third kappa shape index (κ3) is 3.46. The number of carboxylic acid groups (broad SMARTS) is 1. The molecule has 2 aromatic rings. The van der Waals surface area contributed by atoms with Crippen molar-refractivity contribution in [2.24, 2.45) is 5.92 Å². The topological polar surface area (TPSA) is 84.2 Å².